The number of hydrogen-bond acceptors (Lipinski definition) is 3. The summed E-state index contributed by atoms with van der Waals surface area (Å²) < 4.78 is 3.37. The zero-order valence-corrected chi connectivity index (χ0v) is 11.3. The van der Waals surface area contributed by atoms with Crippen LogP contribution in [0.2, 0.25) is 0 Å². The van der Waals surface area contributed by atoms with Crippen molar-refractivity contribution in [1.29, 1.82) is 5.26 Å². The second-order valence-electron chi connectivity index (χ2n) is 4.56. The maximum atomic E-state index is 9.25. The molecular weight excluding hydrogens is 250 g/mol. The van der Waals surface area contributed by atoms with Crippen molar-refractivity contribution >= 4 is 0 Å². The third-order valence-electron chi connectivity index (χ3n) is 3.21. The minimum Gasteiger partial charge on any atom is -0.250 e. The molecule has 0 aliphatic heterocycles. The van der Waals surface area contributed by atoms with Crippen LogP contribution in [0.25, 0.3) is 16.9 Å². The molecule has 0 radical (unpaired) electrons. The SMILES string of the molecule is Cc1nn(C)c(-n2cc(-c3ccccc3)cn2)c1C#N. The van der Waals surface area contributed by atoms with E-state index in [0.29, 0.717) is 17.1 Å². The third-order valence-corrected chi connectivity index (χ3v) is 3.21. The number of nitrogens with zero attached hydrogens (tertiary/aromatic N) is 5. The minimum atomic E-state index is 0.551. The van der Waals surface area contributed by atoms with Gasteiger partial charge in [-0.15, -0.1) is 0 Å². The molecule has 1 aromatic carbocycles. The lowest BCUT2D eigenvalue weighted by atomic mass is 10.1. The Bertz CT molecular complexity index is 790. The number of benzene rings is 1. The van der Waals surface area contributed by atoms with Crippen molar-refractivity contribution < 1.29 is 0 Å². The van der Waals surface area contributed by atoms with Crippen molar-refractivity contribution in [3.05, 3.63) is 54.0 Å². The lowest BCUT2D eigenvalue weighted by Crippen LogP contribution is -2.04. The first kappa shape index (κ1) is 12.2. The van der Waals surface area contributed by atoms with E-state index < -0.39 is 0 Å². The van der Waals surface area contributed by atoms with Crippen LogP contribution >= 0.6 is 0 Å². The monoisotopic (exact) mass is 263 g/mol. The van der Waals surface area contributed by atoms with E-state index >= 15 is 0 Å². The van der Waals surface area contributed by atoms with Crippen molar-refractivity contribution in [3.8, 4) is 23.0 Å². The molecule has 2 heterocycles. The fourth-order valence-corrected chi connectivity index (χ4v) is 2.26. The fourth-order valence-electron chi connectivity index (χ4n) is 2.26. The number of rotatable bonds is 2. The molecule has 20 heavy (non-hydrogen) atoms. The van der Waals surface area contributed by atoms with E-state index in [2.05, 4.69) is 16.3 Å². The molecule has 0 saturated heterocycles. The van der Waals surface area contributed by atoms with Gasteiger partial charge in [-0.25, -0.2) is 9.36 Å². The van der Waals surface area contributed by atoms with Crippen LogP contribution in [-0.2, 0) is 7.05 Å². The molecule has 5 heteroatoms. The molecule has 0 saturated carbocycles. The summed E-state index contributed by atoms with van der Waals surface area (Å²) >= 11 is 0. The highest BCUT2D eigenvalue weighted by Gasteiger charge is 2.15. The molecule has 5 nitrogen and oxygen atoms in total. The largest absolute Gasteiger partial charge is 0.250 e. The van der Waals surface area contributed by atoms with Gasteiger partial charge in [0, 0.05) is 18.8 Å². The Balaban J connectivity index is 2.10. The predicted molar refractivity (Wildman–Crippen MR) is 75.2 cm³/mol. The molecule has 98 valence electrons. The first-order valence-corrected chi connectivity index (χ1v) is 6.25. The van der Waals surface area contributed by atoms with Gasteiger partial charge in [0.25, 0.3) is 0 Å². The van der Waals surface area contributed by atoms with E-state index in [1.165, 1.54) is 0 Å². The van der Waals surface area contributed by atoms with Crippen LogP contribution < -0.4 is 0 Å². The summed E-state index contributed by atoms with van der Waals surface area (Å²) in [6.07, 6.45) is 3.70. The highest BCUT2D eigenvalue weighted by Crippen LogP contribution is 2.21. The molecule has 0 bridgehead atoms. The van der Waals surface area contributed by atoms with Gasteiger partial charge in [-0.2, -0.15) is 15.5 Å². The van der Waals surface area contributed by atoms with E-state index in [-0.39, 0.29) is 0 Å². The molecular formula is C15H13N5. The Kier molecular flexibility index (Phi) is 2.84. The maximum Gasteiger partial charge on any atom is 0.169 e. The Morgan fingerprint density at radius 1 is 1.15 bits per heavy atom. The van der Waals surface area contributed by atoms with E-state index in [9.17, 15) is 5.26 Å². The summed E-state index contributed by atoms with van der Waals surface area (Å²) in [6, 6.07) is 12.2. The Morgan fingerprint density at radius 3 is 2.60 bits per heavy atom. The summed E-state index contributed by atoms with van der Waals surface area (Å²) in [6.45, 7) is 1.82. The average molecular weight is 263 g/mol. The molecule has 0 N–H and O–H groups in total. The number of aryl methyl sites for hydroxylation is 2. The highest BCUT2D eigenvalue weighted by molar-refractivity contribution is 5.62. The normalized spacial score (nSPS) is 10.4. The second kappa shape index (κ2) is 4.67. The van der Waals surface area contributed by atoms with Gasteiger partial charge in [0.2, 0.25) is 0 Å². The lowest BCUT2D eigenvalue weighted by molar-refractivity contribution is 0.693. The van der Waals surface area contributed by atoms with Gasteiger partial charge >= 0.3 is 0 Å². The molecule has 0 atom stereocenters. The van der Waals surface area contributed by atoms with Crippen LogP contribution in [0.5, 0.6) is 0 Å². The molecule has 2 aromatic heterocycles. The topological polar surface area (TPSA) is 59.4 Å². The maximum absolute atomic E-state index is 9.25. The van der Waals surface area contributed by atoms with E-state index in [0.717, 1.165) is 11.1 Å². The minimum absolute atomic E-state index is 0.551. The van der Waals surface area contributed by atoms with Gasteiger partial charge in [0.05, 0.1) is 11.9 Å². The zero-order chi connectivity index (χ0) is 14.1. The molecule has 0 fully saturated rings. The van der Waals surface area contributed by atoms with Crippen LogP contribution in [-0.4, -0.2) is 19.6 Å². The quantitative estimate of drug-likeness (QED) is 0.713. The Morgan fingerprint density at radius 2 is 1.90 bits per heavy atom. The van der Waals surface area contributed by atoms with Gasteiger partial charge < -0.3 is 0 Å². The standard InChI is InChI=1S/C15H13N5/c1-11-14(8-16)15(19(2)18-11)20-10-13(9-17-20)12-6-4-3-5-7-12/h3-7,9-10H,1-2H3. The highest BCUT2D eigenvalue weighted by atomic mass is 15.4. The molecule has 0 spiro atoms. The van der Waals surface area contributed by atoms with Crippen molar-refractivity contribution in [1.82, 2.24) is 19.6 Å². The molecule has 0 aliphatic rings. The molecule has 0 unspecified atom stereocenters. The first-order chi connectivity index (χ1) is 9.70. The average Bonchev–Trinajstić information content (AvgIpc) is 3.03. The van der Waals surface area contributed by atoms with Crippen LogP contribution in [0.3, 0.4) is 0 Å². The van der Waals surface area contributed by atoms with Gasteiger partial charge in [0.15, 0.2) is 5.82 Å². The van der Waals surface area contributed by atoms with E-state index in [1.54, 1.807) is 15.6 Å². The summed E-state index contributed by atoms with van der Waals surface area (Å²) in [4.78, 5) is 0. The smallest absolute Gasteiger partial charge is 0.169 e. The number of hydrogen-bond donors (Lipinski definition) is 0. The van der Waals surface area contributed by atoms with Gasteiger partial charge in [-0.1, -0.05) is 30.3 Å². The summed E-state index contributed by atoms with van der Waals surface area (Å²) in [5.41, 5.74) is 3.36. The zero-order valence-electron chi connectivity index (χ0n) is 11.3. The fraction of sp³-hybridized carbons (Fsp3) is 0.133. The molecule has 0 aliphatic carbocycles. The molecule has 3 rings (SSSR count). The molecule has 0 amide bonds. The van der Waals surface area contributed by atoms with Gasteiger partial charge in [0.1, 0.15) is 11.6 Å². The van der Waals surface area contributed by atoms with Crippen molar-refractivity contribution in [2.24, 2.45) is 7.05 Å². The predicted octanol–water partition coefficient (Wildman–Crippen LogP) is 2.45. The van der Waals surface area contributed by atoms with Crippen LogP contribution in [0.4, 0.5) is 0 Å². The summed E-state index contributed by atoms with van der Waals surface area (Å²) in [5, 5.41) is 17.9. The van der Waals surface area contributed by atoms with E-state index in [1.807, 2.05) is 50.5 Å². The lowest BCUT2D eigenvalue weighted by Gasteiger charge is -2.01. The third kappa shape index (κ3) is 1.88. The Labute approximate surface area is 116 Å². The Hall–Kier alpha value is -2.87. The second-order valence-corrected chi connectivity index (χ2v) is 4.56. The van der Waals surface area contributed by atoms with Crippen LogP contribution in [0.15, 0.2) is 42.7 Å². The summed E-state index contributed by atoms with van der Waals surface area (Å²) in [5.74, 6) is 0.687. The number of nitriles is 1. The van der Waals surface area contributed by atoms with E-state index in [4.69, 9.17) is 0 Å². The van der Waals surface area contributed by atoms with Crippen LogP contribution in [0.1, 0.15) is 11.3 Å². The summed E-state index contributed by atoms with van der Waals surface area (Å²) in [7, 11) is 1.81. The van der Waals surface area contributed by atoms with Gasteiger partial charge in [-0.05, 0) is 12.5 Å². The molecule has 3 aromatic rings. The van der Waals surface area contributed by atoms with Crippen molar-refractivity contribution in [2.75, 3.05) is 0 Å². The van der Waals surface area contributed by atoms with Crippen molar-refractivity contribution in [2.45, 2.75) is 6.92 Å². The van der Waals surface area contributed by atoms with Crippen molar-refractivity contribution in [3.63, 3.8) is 0 Å². The number of aromatic nitrogens is 4. The first-order valence-electron chi connectivity index (χ1n) is 6.25. The van der Waals surface area contributed by atoms with Gasteiger partial charge in [-0.3, -0.25) is 0 Å². The van der Waals surface area contributed by atoms with Crippen LogP contribution in [0, 0.1) is 18.3 Å².